The van der Waals surface area contributed by atoms with Crippen LogP contribution in [0.2, 0.25) is 0 Å². The third-order valence-corrected chi connectivity index (χ3v) is 12.5. The van der Waals surface area contributed by atoms with Crippen LogP contribution in [0.3, 0.4) is 0 Å². The van der Waals surface area contributed by atoms with Crippen LogP contribution < -0.4 is 5.32 Å². The van der Waals surface area contributed by atoms with Gasteiger partial charge in [-0.25, -0.2) is 4.57 Å². The number of aliphatic hydroxyl groups is 1. The van der Waals surface area contributed by atoms with Gasteiger partial charge in [0.15, 0.2) is 0 Å². The van der Waals surface area contributed by atoms with Gasteiger partial charge >= 0.3 is 13.8 Å². The molecular formula is C54H100NO8P. The third-order valence-electron chi connectivity index (χ3n) is 11.5. The first-order valence-electron chi connectivity index (χ1n) is 26.6. The number of allylic oxidation sites excluding steroid dienone is 8. The number of hydrogen-bond donors (Lipinski definition) is 3. The van der Waals surface area contributed by atoms with Crippen molar-refractivity contribution in [3.63, 3.8) is 0 Å². The molecule has 0 aliphatic carbocycles. The van der Waals surface area contributed by atoms with Crippen molar-refractivity contribution in [2.24, 2.45) is 0 Å². The molecule has 3 N–H and O–H groups in total. The van der Waals surface area contributed by atoms with Crippen molar-refractivity contribution < 1.29 is 37.9 Å². The van der Waals surface area contributed by atoms with Crippen LogP contribution in [-0.4, -0.2) is 54.3 Å². The van der Waals surface area contributed by atoms with E-state index in [1.807, 2.05) is 0 Å². The van der Waals surface area contributed by atoms with Crippen LogP contribution in [0.15, 0.2) is 48.6 Å². The second kappa shape index (κ2) is 50.4. The topological polar surface area (TPSA) is 131 Å². The van der Waals surface area contributed by atoms with Crippen LogP contribution >= 0.6 is 7.82 Å². The normalized spacial score (nSPS) is 13.5. The van der Waals surface area contributed by atoms with Crippen molar-refractivity contribution in [2.45, 2.75) is 258 Å². The highest BCUT2D eigenvalue weighted by Gasteiger charge is 2.23. The van der Waals surface area contributed by atoms with Gasteiger partial charge in [0, 0.05) is 19.4 Å². The molecule has 0 spiro atoms. The molecule has 0 heterocycles. The zero-order chi connectivity index (χ0) is 46.7. The Hall–Kier alpha value is -2.03. The Labute approximate surface area is 394 Å². The van der Waals surface area contributed by atoms with Crippen molar-refractivity contribution in [3.05, 3.63) is 48.6 Å². The maximum atomic E-state index is 12.2. The molecule has 0 aliphatic rings. The molecule has 0 fully saturated rings. The predicted octanol–water partition coefficient (Wildman–Crippen LogP) is 15.8. The standard InChI is InChI=1S/C54H100NO8P/c1-3-5-7-9-11-13-15-17-19-21-23-25-27-28-30-32-34-36-38-40-42-44-46-53(57)55-48-49-62-64(59,60)63-51-52(56)50-61-54(58)47-45-43-41-39-37-35-33-31-29-26-24-22-20-18-16-14-12-10-8-6-4-2/h12,14,18,20,24,26,31,33,52,56H,3-11,13,15-17,19,21-23,25,27-30,32,34-51H2,1-2H3,(H,55,57)(H,59,60)/b14-12-,20-18-,26-24-,33-31-. The maximum absolute atomic E-state index is 12.2. The van der Waals surface area contributed by atoms with E-state index in [1.165, 1.54) is 148 Å². The number of nitrogens with one attached hydrogen (secondary N) is 1. The average Bonchev–Trinajstić information content (AvgIpc) is 3.28. The number of phosphoric acid groups is 1. The number of carbonyl (C=O) groups excluding carboxylic acids is 2. The van der Waals surface area contributed by atoms with E-state index in [2.05, 4.69) is 67.8 Å². The molecule has 9 nitrogen and oxygen atoms in total. The van der Waals surface area contributed by atoms with Crippen molar-refractivity contribution in [1.29, 1.82) is 0 Å². The lowest BCUT2D eigenvalue weighted by Gasteiger charge is -2.15. The van der Waals surface area contributed by atoms with Gasteiger partial charge < -0.3 is 20.1 Å². The fourth-order valence-electron chi connectivity index (χ4n) is 7.48. The molecule has 64 heavy (non-hydrogen) atoms. The van der Waals surface area contributed by atoms with E-state index in [1.54, 1.807) is 0 Å². The molecule has 0 saturated heterocycles. The highest BCUT2D eigenvalue weighted by atomic mass is 31.2. The molecule has 374 valence electrons. The van der Waals surface area contributed by atoms with E-state index in [4.69, 9.17) is 13.8 Å². The van der Waals surface area contributed by atoms with Crippen LogP contribution in [0.4, 0.5) is 0 Å². The van der Waals surface area contributed by atoms with E-state index in [9.17, 15) is 24.2 Å². The Balaban J connectivity index is 3.57. The minimum atomic E-state index is -4.43. The number of phosphoric ester groups is 1. The van der Waals surface area contributed by atoms with Gasteiger partial charge in [-0.3, -0.25) is 18.6 Å². The third kappa shape index (κ3) is 51.0. The molecule has 10 heteroatoms. The monoisotopic (exact) mass is 922 g/mol. The maximum Gasteiger partial charge on any atom is 0.472 e. The van der Waals surface area contributed by atoms with Gasteiger partial charge in [0.05, 0.1) is 13.2 Å². The molecule has 0 rings (SSSR count). The summed E-state index contributed by atoms with van der Waals surface area (Å²) in [5, 5.41) is 12.8. The second-order valence-electron chi connectivity index (χ2n) is 17.9. The van der Waals surface area contributed by atoms with E-state index in [-0.39, 0.29) is 32.1 Å². The highest BCUT2D eigenvalue weighted by molar-refractivity contribution is 7.47. The van der Waals surface area contributed by atoms with E-state index in [0.29, 0.717) is 12.8 Å². The van der Waals surface area contributed by atoms with Crippen LogP contribution in [0.5, 0.6) is 0 Å². The second-order valence-corrected chi connectivity index (χ2v) is 19.3. The summed E-state index contributed by atoms with van der Waals surface area (Å²) in [5.41, 5.74) is 0. The van der Waals surface area contributed by atoms with Gasteiger partial charge in [-0.1, -0.05) is 229 Å². The Morgan fingerprint density at radius 3 is 1.30 bits per heavy atom. The number of hydrogen-bond acceptors (Lipinski definition) is 7. The minimum absolute atomic E-state index is 0.0810. The van der Waals surface area contributed by atoms with Gasteiger partial charge in [-0.15, -0.1) is 0 Å². The lowest BCUT2D eigenvalue weighted by molar-refractivity contribution is -0.147. The molecule has 0 aromatic heterocycles. The molecule has 0 aliphatic heterocycles. The molecule has 2 unspecified atom stereocenters. The molecule has 0 saturated carbocycles. The molecule has 0 aromatic carbocycles. The van der Waals surface area contributed by atoms with Crippen LogP contribution in [0.1, 0.15) is 251 Å². The van der Waals surface area contributed by atoms with Crippen molar-refractivity contribution >= 4 is 19.7 Å². The number of unbranched alkanes of at least 4 members (excludes halogenated alkanes) is 29. The summed E-state index contributed by atoms with van der Waals surface area (Å²) in [7, 11) is -4.43. The summed E-state index contributed by atoms with van der Waals surface area (Å²) in [6.07, 6.45) is 60.5. The highest BCUT2D eigenvalue weighted by Crippen LogP contribution is 2.42. The van der Waals surface area contributed by atoms with Crippen LogP contribution in [-0.2, 0) is 27.9 Å². The summed E-state index contributed by atoms with van der Waals surface area (Å²) >= 11 is 0. The van der Waals surface area contributed by atoms with Crippen molar-refractivity contribution in [2.75, 3.05) is 26.4 Å². The van der Waals surface area contributed by atoms with Gasteiger partial charge in [0.2, 0.25) is 5.91 Å². The number of rotatable bonds is 50. The molecule has 2 atom stereocenters. The summed E-state index contributed by atoms with van der Waals surface area (Å²) < 4.78 is 27.0. The van der Waals surface area contributed by atoms with Crippen molar-refractivity contribution in [3.8, 4) is 0 Å². The Bertz CT molecular complexity index is 1190. The van der Waals surface area contributed by atoms with Crippen LogP contribution in [0.25, 0.3) is 0 Å². The first kappa shape index (κ1) is 62.0. The summed E-state index contributed by atoms with van der Waals surface area (Å²) in [6.45, 7) is 3.54. The molecule has 0 radical (unpaired) electrons. The summed E-state index contributed by atoms with van der Waals surface area (Å²) in [4.78, 5) is 34.1. The first-order chi connectivity index (χ1) is 31.3. The first-order valence-corrected chi connectivity index (χ1v) is 28.1. The molecule has 0 aromatic rings. The Morgan fingerprint density at radius 1 is 0.484 bits per heavy atom. The van der Waals surface area contributed by atoms with E-state index < -0.39 is 26.5 Å². The zero-order valence-electron chi connectivity index (χ0n) is 41.5. The van der Waals surface area contributed by atoms with E-state index >= 15 is 0 Å². The number of amides is 1. The Morgan fingerprint density at radius 2 is 0.844 bits per heavy atom. The van der Waals surface area contributed by atoms with Gasteiger partial charge in [0.25, 0.3) is 0 Å². The number of esters is 1. The fourth-order valence-corrected chi connectivity index (χ4v) is 8.24. The summed E-state index contributed by atoms with van der Waals surface area (Å²) in [5.74, 6) is -0.527. The zero-order valence-corrected chi connectivity index (χ0v) is 42.4. The lowest BCUT2D eigenvalue weighted by atomic mass is 10.0. The number of carbonyl (C=O) groups is 2. The predicted molar refractivity (Wildman–Crippen MR) is 270 cm³/mol. The smallest absolute Gasteiger partial charge is 0.463 e. The molecular weight excluding hydrogens is 822 g/mol. The largest absolute Gasteiger partial charge is 0.472 e. The SMILES string of the molecule is CCCCC/C=C\C/C=C\C/C=C\C/C=C\CCCCCCCC(=O)OCC(O)COP(=O)(O)OCCNC(=O)CCCCCCCCCCCCCCCCCCCCCCCC. The Kier molecular flexibility index (Phi) is 48.8. The lowest BCUT2D eigenvalue weighted by Crippen LogP contribution is -2.27. The number of aliphatic hydroxyl groups excluding tert-OH is 1. The van der Waals surface area contributed by atoms with E-state index in [0.717, 1.165) is 70.6 Å². The minimum Gasteiger partial charge on any atom is -0.463 e. The van der Waals surface area contributed by atoms with Gasteiger partial charge in [0.1, 0.15) is 12.7 Å². The number of ether oxygens (including phenoxy) is 1. The summed E-state index contributed by atoms with van der Waals surface area (Å²) in [6, 6.07) is 0. The molecule has 0 bridgehead atoms. The van der Waals surface area contributed by atoms with Crippen LogP contribution in [0, 0.1) is 0 Å². The quantitative estimate of drug-likeness (QED) is 0.0238. The fraction of sp³-hybridized carbons (Fsp3) is 0.815. The van der Waals surface area contributed by atoms with Crippen molar-refractivity contribution in [1.82, 2.24) is 5.32 Å². The van der Waals surface area contributed by atoms with Gasteiger partial charge in [-0.2, -0.15) is 0 Å². The molecule has 1 amide bonds. The average molecular weight is 922 g/mol. The van der Waals surface area contributed by atoms with Gasteiger partial charge in [-0.05, 0) is 57.8 Å².